The molecule has 0 aliphatic carbocycles. The molecule has 3 aromatic rings. The molecule has 0 unspecified atom stereocenters. The predicted octanol–water partition coefficient (Wildman–Crippen LogP) is 4.16. The summed E-state index contributed by atoms with van der Waals surface area (Å²) in [4.78, 5) is 19.4. The number of carbonyl (C=O) groups excluding carboxylic acids is 1. The van der Waals surface area contributed by atoms with Crippen molar-refractivity contribution >= 4 is 16.8 Å². The molecular weight excluding hydrogens is 341 g/mol. The smallest absolute Gasteiger partial charge is 0.166 e. The highest BCUT2D eigenvalue weighted by Crippen LogP contribution is 2.22. The highest BCUT2D eigenvalue weighted by atomic mass is 19.1. The molecule has 0 saturated carbocycles. The number of likely N-dealkylation sites (tertiary alicyclic amines) is 1. The third kappa shape index (κ3) is 4.08. The average molecular weight is 365 g/mol. The van der Waals surface area contributed by atoms with Crippen molar-refractivity contribution in [1.29, 1.82) is 0 Å². The maximum Gasteiger partial charge on any atom is 0.166 e. The van der Waals surface area contributed by atoms with E-state index in [0.717, 1.165) is 51.0 Å². The molecule has 1 fully saturated rings. The Kier molecular flexibility index (Phi) is 5.30. The second kappa shape index (κ2) is 8.01. The third-order valence-corrected chi connectivity index (χ3v) is 5.49. The number of aryl methyl sites for hydroxylation is 1. The molecule has 0 spiro atoms. The van der Waals surface area contributed by atoms with E-state index in [1.54, 1.807) is 12.1 Å². The Bertz CT molecular complexity index is 911. The van der Waals surface area contributed by atoms with E-state index in [-0.39, 0.29) is 17.5 Å². The van der Waals surface area contributed by atoms with Crippen LogP contribution in [0, 0.1) is 11.7 Å². The molecule has 4 nitrogen and oxygen atoms in total. The molecule has 1 aliphatic heterocycles. The molecule has 1 saturated heterocycles. The number of fused-ring (bicyclic) bond motifs is 1. The number of Topliss-reactive ketones (excluding diaryl/α,β-unsaturated/α-hetero) is 1. The van der Waals surface area contributed by atoms with Crippen LogP contribution in [-0.4, -0.2) is 39.9 Å². The minimum Gasteiger partial charge on any atom is -0.331 e. The van der Waals surface area contributed by atoms with Crippen molar-refractivity contribution < 1.29 is 9.18 Å². The quantitative estimate of drug-likeness (QED) is 0.616. The van der Waals surface area contributed by atoms with E-state index >= 15 is 0 Å². The van der Waals surface area contributed by atoms with E-state index in [4.69, 9.17) is 0 Å². The summed E-state index contributed by atoms with van der Waals surface area (Å²) in [6, 6.07) is 14.1. The Morgan fingerprint density at radius 2 is 1.78 bits per heavy atom. The molecule has 1 aliphatic rings. The van der Waals surface area contributed by atoms with Gasteiger partial charge in [-0.3, -0.25) is 4.79 Å². The van der Waals surface area contributed by atoms with Gasteiger partial charge >= 0.3 is 0 Å². The molecule has 2 heterocycles. The van der Waals surface area contributed by atoms with E-state index in [2.05, 4.69) is 20.5 Å². The van der Waals surface area contributed by atoms with Gasteiger partial charge in [-0.25, -0.2) is 9.37 Å². The number of hydrogen-bond donors (Lipinski definition) is 0. The molecule has 5 heteroatoms. The first kappa shape index (κ1) is 17.9. The Hall–Kier alpha value is -2.53. The lowest BCUT2D eigenvalue weighted by Crippen LogP contribution is -2.37. The van der Waals surface area contributed by atoms with Gasteiger partial charge < -0.3 is 9.47 Å². The monoisotopic (exact) mass is 365 g/mol. The van der Waals surface area contributed by atoms with Crippen LogP contribution < -0.4 is 0 Å². The zero-order valence-electron chi connectivity index (χ0n) is 15.4. The molecule has 0 amide bonds. The maximum absolute atomic E-state index is 13.0. The molecule has 2 aromatic carbocycles. The standard InChI is InChI=1S/C22H24FN3O/c23-19-8-6-17(7-9-19)22(27)18-10-14-25(15-11-18)12-3-13-26-16-24-20-4-1-2-5-21(20)26/h1-2,4-9,16,18H,3,10-15H2. The van der Waals surface area contributed by atoms with Crippen LogP contribution in [0.15, 0.2) is 54.9 Å². The zero-order valence-corrected chi connectivity index (χ0v) is 15.4. The van der Waals surface area contributed by atoms with Gasteiger partial charge in [0.2, 0.25) is 0 Å². The van der Waals surface area contributed by atoms with Crippen molar-refractivity contribution in [3.63, 3.8) is 0 Å². The predicted molar refractivity (Wildman–Crippen MR) is 104 cm³/mol. The van der Waals surface area contributed by atoms with Gasteiger partial charge in [0.15, 0.2) is 5.78 Å². The number of aromatic nitrogens is 2. The van der Waals surface area contributed by atoms with Crippen LogP contribution in [0.1, 0.15) is 29.6 Å². The number of ketones is 1. The van der Waals surface area contributed by atoms with Gasteiger partial charge in [-0.05, 0) is 75.3 Å². The zero-order chi connectivity index (χ0) is 18.6. The number of para-hydroxylation sites is 2. The molecule has 0 bridgehead atoms. The summed E-state index contributed by atoms with van der Waals surface area (Å²) in [5.74, 6) is -0.0871. The van der Waals surface area contributed by atoms with Crippen molar-refractivity contribution in [3.05, 3.63) is 66.2 Å². The summed E-state index contributed by atoms with van der Waals surface area (Å²) >= 11 is 0. The fraction of sp³-hybridized carbons (Fsp3) is 0.364. The Balaban J connectivity index is 1.25. The van der Waals surface area contributed by atoms with Crippen LogP contribution in [-0.2, 0) is 6.54 Å². The number of hydrogen-bond acceptors (Lipinski definition) is 3. The van der Waals surface area contributed by atoms with E-state index in [0.29, 0.717) is 5.56 Å². The lowest BCUT2D eigenvalue weighted by molar-refractivity contribution is 0.0838. The maximum atomic E-state index is 13.0. The van der Waals surface area contributed by atoms with Crippen LogP contribution in [0.5, 0.6) is 0 Å². The molecule has 0 atom stereocenters. The fourth-order valence-corrected chi connectivity index (χ4v) is 3.92. The highest BCUT2D eigenvalue weighted by molar-refractivity contribution is 5.97. The Morgan fingerprint density at radius 1 is 1.04 bits per heavy atom. The molecular formula is C22H24FN3O. The number of piperidine rings is 1. The summed E-state index contributed by atoms with van der Waals surface area (Å²) in [6.07, 6.45) is 4.74. The van der Waals surface area contributed by atoms with Crippen LogP contribution in [0.2, 0.25) is 0 Å². The molecule has 0 N–H and O–H groups in total. The van der Waals surface area contributed by atoms with Crippen LogP contribution in [0.3, 0.4) is 0 Å². The van der Waals surface area contributed by atoms with Crippen LogP contribution in [0.25, 0.3) is 11.0 Å². The fourth-order valence-electron chi connectivity index (χ4n) is 3.92. The van der Waals surface area contributed by atoms with Crippen LogP contribution in [0.4, 0.5) is 4.39 Å². The first-order valence-corrected chi connectivity index (χ1v) is 9.63. The van der Waals surface area contributed by atoms with Gasteiger partial charge in [0.05, 0.1) is 17.4 Å². The second-order valence-corrected chi connectivity index (χ2v) is 7.27. The number of imidazole rings is 1. The van der Waals surface area contributed by atoms with Crippen molar-refractivity contribution in [3.8, 4) is 0 Å². The Labute approximate surface area is 158 Å². The minimum atomic E-state index is -0.299. The van der Waals surface area contributed by atoms with Crippen LogP contribution >= 0.6 is 0 Å². The summed E-state index contributed by atoms with van der Waals surface area (Å²) in [7, 11) is 0. The molecule has 4 rings (SSSR count). The largest absolute Gasteiger partial charge is 0.331 e. The summed E-state index contributed by atoms with van der Waals surface area (Å²) in [5.41, 5.74) is 2.85. The van der Waals surface area contributed by atoms with Gasteiger partial charge in [-0.2, -0.15) is 0 Å². The van der Waals surface area contributed by atoms with E-state index in [9.17, 15) is 9.18 Å². The molecule has 27 heavy (non-hydrogen) atoms. The van der Waals surface area contributed by atoms with Crippen molar-refractivity contribution in [2.75, 3.05) is 19.6 Å². The van der Waals surface area contributed by atoms with E-state index in [1.165, 1.54) is 17.6 Å². The number of nitrogens with zero attached hydrogens (tertiary/aromatic N) is 3. The molecule has 140 valence electrons. The minimum absolute atomic E-state index is 0.0595. The molecule has 1 aromatic heterocycles. The van der Waals surface area contributed by atoms with Gasteiger partial charge in [0, 0.05) is 18.0 Å². The van der Waals surface area contributed by atoms with Crippen molar-refractivity contribution in [1.82, 2.24) is 14.5 Å². The lowest BCUT2D eigenvalue weighted by Gasteiger charge is -2.31. The molecule has 0 radical (unpaired) electrons. The number of halogens is 1. The van der Waals surface area contributed by atoms with Crippen molar-refractivity contribution in [2.45, 2.75) is 25.8 Å². The van der Waals surface area contributed by atoms with Gasteiger partial charge in [-0.1, -0.05) is 12.1 Å². The van der Waals surface area contributed by atoms with E-state index in [1.807, 2.05) is 24.5 Å². The van der Waals surface area contributed by atoms with Gasteiger partial charge in [-0.15, -0.1) is 0 Å². The first-order valence-electron chi connectivity index (χ1n) is 9.63. The first-order chi connectivity index (χ1) is 13.2. The lowest BCUT2D eigenvalue weighted by atomic mass is 9.89. The number of carbonyl (C=O) groups is 1. The topological polar surface area (TPSA) is 38.1 Å². The average Bonchev–Trinajstić information content (AvgIpc) is 3.12. The normalized spacial score (nSPS) is 16.0. The SMILES string of the molecule is O=C(c1ccc(F)cc1)C1CCN(CCCn2cnc3ccccc32)CC1. The van der Waals surface area contributed by atoms with E-state index < -0.39 is 0 Å². The van der Waals surface area contributed by atoms with Gasteiger partial charge in [0.1, 0.15) is 5.82 Å². The number of benzene rings is 2. The third-order valence-electron chi connectivity index (χ3n) is 5.49. The van der Waals surface area contributed by atoms with Gasteiger partial charge in [0.25, 0.3) is 0 Å². The highest BCUT2D eigenvalue weighted by Gasteiger charge is 2.25. The second-order valence-electron chi connectivity index (χ2n) is 7.27. The summed E-state index contributed by atoms with van der Waals surface area (Å²) in [5, 5.41) is 0. The Morgan fingerprint density at radius 3 is 2.56 bits per heavy atom. The van der Waals surface area contributed by atoms with Crippen molar-refractivity contribution in [2.24, 2.45) is 5.92 Å². The number of rotatable bonds is 6. The summed E-state index contributed by atoms with van der Waals surface area (Å²) < 4.78 is 15.2. The summed E-state index contributed by atoms with van der Waals surface area (Å²) in [6.45, 7) is 3.88.